The molecule has 2 aromatic carbocycles. The minimum absolute atomic E-state index is 0.100. The first-order chi connectivity index (χ1) is 11.9. The number of amides is 2. The Morgan fingerprint density at radius 1 is 0.920 bits per heavy atom. The maximum absolute atomic E-state index is 12.4. The molecule has 0 aliphatic heterocycles. The predicted octanol–water partition coefficient (Wildman–Crippen LogP) is 4.48. The van der Waals surface area contributed by atoms with Crippen molar-refractivity contribution in [2.45, 2.75) is 27.2 Å². The summed E-state index contributed by atoms with van der Waals surface area (Å²) < 4.78 is 0. The Kier molecular flexibility index (Phi) is 4.82. The number of anilines is 2. The van der Waals surface area contributed by atoms with Crippen molar-refractivity contribution in [3.63, 3.8) is 0 Å². The Labute approximate surface area is 152 Å². The lowest BCUT2D eigenvalue weighted by molar-refractivity contribution is -0.122. The zero-order valence-electron chi connectivity index (χ0n) is 14.5. The van der Waals surface area contributed by atoms with Crippen LogP contribution in [0.4, 0.5) is 11.4 Å². The average molecular weight is 357 g/mol. The minimum atomic E-state index is -0.288. The largest absolute Gasteiger partial charge is 0.326 e. The highest BCUT2D eigenvalue weighted by Gasteiger charge is 2.48. The lowest BCUT2D eigenvalue weighted by Crippen LogP contribution is -2.21. The average Bonchev–Trinajstić information content (AvgIpc) is 3.36. The van der Waals surface area contributed by atoms with E-state index in [4.69, 9.17) is 11.6 Å². The third-order valence-electron chi connectivity index (χ3n) is 4.78. The van der Waals surface area contributed by atoms with Gasteiger partial charge in [-0.1, -0.05) is 29.8 Å². The molecule has 1 fully saturated rings. The summed E-state index contributed by atoms with van der Waals surface area (Å²) in [5.74, 6) is -0.800. The minimum Gasteiger partial charge on any atom is -0.326 e. The van der Waals surface area contributed by atoms with Gasteiger partial charge in [-0.25, -0.2) is 0 Å². The van der Waals surface area contributed by atoms with E-state index in [1.54, 1.807) is 12.1 Å². The second kappa shape index (κ2) is 6.89. The maximum Gasteiger partial charge on any atom is 0.228 e. The fourth-order valence-electron chi connectivity index (χ4n) is 2.84. The maximum atomic E-state index is 12.4. The number of nitrogens with one attached hydrogen (secondary N) is 2. The summed E-state index contributed by atoms with van der Waals surface area (Å²) in [6, 6.07) is 11.2. The number of hydrogen-bond acceptors (Lipinski definition) is 2. The summed E-state index contributed by atoms with van der Waals surface area (Å²) in [6.07, 6.45) is 0.572. The molecule has 3 rings (SSSR count). The van der Waals surface area contributed by atoms with Crippen LogP contribution in [0.1, 0.15) is 23.1 Å². The van der Waals surface area contributed by atoms with Crippen LogP contribution in [-0.2, 0) is 9.59 Å². The first kappa shape index (κ1) is 17.5. The summed E-state index contributed by atoms with van der Waals surface area (Å²) in [7, 11) is 0. The quantitative estimate of drug-likeness (QED) is 0.848. The van der Waals surface area contributed by atoms with Crippen LogP contribution < -0.4 is 10.6 Å². The summed E-state index contributed by atoms with van der Waals surface area (Å²) in [6.45, 7) is 5.89. The second-order valence-corrected chi connectivity index (χ2v) is 7.07. The van der Waals surface area contributed by atoms with E-state index in [-0.39, 0.29) is 23.7 Å². The van der Waals surface area contributed by atoms with E-state index in [1.165, 1.54) is 0 Å². The van der Waals surface area contributed by atoms with Gasteiger partial charge in [-0.05, 0) is 62.1 Å². The van der Waals surface area contributed by atoms with Crippen molar-refractivity contribution >= 4 is 34.8 Å². The van der Waals surface area contributed by atoms with E-state index < -0.39 is 0 Å². The lowest BCUT2D eigenvalue weighted by Gasteiger charge is -2.11. The smallest absolute Gasteiger partial charge is 0.228 e. The molecule has 25 heavy (non-hydrogen) atoms. The Morgan fingerprint density at radius 3 is 2.24 bits per heavy atom. The van der Waals surface area contributed by atoms with Gasteiger partial charge in [0.15, 0.2) is 0 Å². The standard InChI is InChI=1S/C20H21ClN2O2/c1-11-5-4-6-17(13(11)3)22-19(24)15-10-16(15)20(25)23-18-9-14(21)8-7-12(18)2/h4-9,15-16H,10H2,1-3H3,(H,22,24)(H,23,25). The summed E-state index contributed by atoms with van der Waals surface area (Å²) >= 11 is 5.98. The molecule has 0 heterocycles. The van der Waals surface area contributed by atoms with Crippen molar-refractivity contribution in [3.8, 4) is 0 Å². The highest BCUT2D eigenvalue weighted by atomic mass is 35.5. The number of hydrogen-bond donors (Lipinski definition) is 2. The normalized spacial score (nSPS) is 18.6. The molecule has 2 atom stereocenters. The van der Waals surface area contributed by atoms with Gasteiger partial charge in [0, 0.05) is 16.4 Å². The fraction of sp³-hybridized carbons (Fsp3) is 0.300. The van der Waals surface area contributed by atoms with Crippen LogP contribution in [-0.4, -0.2) is 11.8 Å². The summed E-state index contributed by atoms with van der Waals surface area (Å²) in [5, 5.41) is 6.39. The molecule has 0 saturated heterocycles. The third kappa shape index (κ3) is 3.85. The molecule has 2 unspecified atom stereocenters. The van der Waals surface area contributed by atoms with Gasteiger partial charge in [0.2, 0.25) is 11.8 Å². The SMILES string of the molecule is Cc1ccc(Cl)cc1NC(=O)C1CC1C(=O)Nc1cccc(C)c1C. The highest BCUT2D eigenvalue weighted by molar-refractivity contribution is 6.31. The van der Waals surface area contributed by atoms with E-state index in [9.17, 15) is 9.59 Å². The summed E-state index contributed by atoms with van der Waals surface area (Å²) in [4.78, 5) is 24.8. The first-order valence-electron chi connectivity index (χ1n) is 8.31. The molecule has 5 heteroatoms. The molecule has 1 aliphatic rings. The van der Waals surface area contributed by atoms with Crippen molar-refractivity contribution < 1.29 is 9.59 Å². The highest BCUT2D eigenvalue weighted by Crippen LogP contribution is 2.40. The van der Waals surface area contributed by atoms with Crippen LogP contribution >= 0.6 is 11.6 Å². The number of rotatable bonds is 4. The third-order valence-corrected chi connectivity index (χ3v) is 5.02. The lowest BCUT2D eigenvalue weighted by atomic mass is 10.1. The van der Waals surface area contributed by atoms with Crippen molar-refractivity contribution in [3.05, 3.63) is 58.1 Å². The van der Waals surface area contributed by atoms with Gasteiger partial charge in [0.1, 0.15) is 0 Å². The van der Waals surface area contributed by atoms with Gasteiger partial charge in [-0.15, -0.1) is 0 Å². The van der Waals surface area contributed by atoms with E-state index in [0.29, 0.717) is 17.1 Å². The molecular weight excluding hydrogens is 336 g/mol. The molecule has 2 amide bonds. The van der Waals surface area contributed by atoms with Gasteiger partial charge in [0.05, 0.1) is 11.8 Å². The van der Waals surface area contributed by atoms with E-state index in [1.807, 2.05) is 45.0 Å². The first-order valence-corrected chi connectivity index (χ1v) is 8.68. The fourth-order valence-corrected chi connectivity index (χ4v) is 3.01. The Morgan fingerprint density at radius 2 is 1.56 bits per heavy atom. The van der Waals surface area contributed by atoms with Crippen LogP contribution in [0.15, 0.2) is 36.4 Å². The molecule has 130 valence electrons. The van der Waals surface area contributed by atoms with Crippen molar-refractivity contribution in [1.82, 2.24) is 0 Å². The molecule has 2 aromatic rings. The molecule has 2 N–H and O–H groups in total. The monoisotopic (exact) mass is 356 g/mol. The molecule has 1 aliphatic carbocycles. The van der Waals surface area contributed by atoms with Crippen LogP contribution in [0.2, 0.25) is 5.02 Å². The molecule has 0 aromatic heterocycles. The molecular formula is C20H21ClN2O2. The van der Waals surface area contributed by atoms with Gasteiger partial charge in [-0.3, -0.25) is 9.59 Å². The second-order valence-electron chi connectivity index (χ2n) is 6.63. The van der Waals surface area contributed by atoms with Crippen molar-refractivity contribution in [2.75, 3.05) is 10.6 Å². The molecule has 0 radical (unpaired) electrons. The van der Waals surface area contributed by atoms with Crippen molar-refractivity contribution in [1.29, 1.82) is 0 Å². The molecule has 1 saturated carbocycles. The number of halogens is 1. The summed E-state index contributed by atoms with van der Waals surface area (Å²) in [5.41, 5.74) is 4.61. The predicted molar refractivity (Wildman–Crippen MR) is 101 cm³/mol. The number of aryl methyl sites for hydroxylation is 2. The number of carbonyl (C=O) groups excluding carboxylic acids is 2. The van der Waals surface area contributed by atoms with E-state index in [2.05, 4.69) is 10.6 Å². The zero-order chi connectivity index (χ0) is 18.1. The number of benzene rings is 2. The zero-order valence-corrected chi connectivity index (χ0v) is 15.3. The Bertz CT molecular complexity index is 828. The van der Waals surface area contributed by atoms with Gasteiger partial charge in [-0.2, -0.15) is 0 Å². The van der Waals surface area contributed by atoms with Crippen LogP contribution in [0.3, 0.4) is 0 Å². The Hall–Kier alpha value is -2.33. The van der Waals surface area contributed by atoms with E-state index in [0.717, 1.165) is 22.4 Å². The molecule has 0 spiro atoms. The molecule has 4 nitrogen and oxygen atoms in total. The number of carbonyl (C=O) groups is 2. The van der Waals surface area contributed by atoms with Gasteiger partial charge < -0.3 is 10.6 Å². The van der Waals surface area contributed by atoms with E-state index >= 15 is 0 Å². The van der Waals surface area contributed by atoms with Crippen LogP contribution in [0.25, 0.3) is 0 Å². The van der Waals surface area contributed by atoms with Crippen LogP contribution in [0.5, 0.6) is 0 Å². The van der Waals surface area contributed by atoms with Crippen LogP contribution in [0, 0.1) is 32.6 Å². The molecule has 0 bridgehead atoms. The van der Waals surface area contributed by atoms with Crippen molar-refractivity contribution in [2.24, 2.45) is 11.8 Å². The Balaban J connectivity index is 1.62. The topological polar surface area (TPSA) is 58.2 Å². The van der Waals surface area contributed by atoms with Gasteiger partial charge >= 0.3 is 0 Å². The van der Waals surface area contributed by atoms with Gasteiger partial charge in [0.25, 0.3) is 0 Å².